The Bertz CT molecular complexity index is 1090. The van der Waals surface area contributed by atoms with E-state index in [0.29, 0.717) is 25.9 Å². The lowest BCUT2D eigenvalue weighted by molar-refractivity contribution is -0.537. The second-order valence-corrected chi connectivity index (χ2v) is 9.99. The molecule has 0 radical (unpaired) electrons. The van der Waals surface area contributed by atoms with Gasteiger partial charge in [0.25, 0.3) is 5.91 Å². The highest BCUT2D eigenvalue weighted by Gasteiger charge is 2.35. The Hall–Kier alpha value is -3.26. The molecule has 188 valence electrons. The van der Waals surface area contributed by atoms with E-state index in [1.54, 1.807) is 25.7 Å². The first-order valence-corrected chi connectivity index (χ1v) is 12.1. The van der Waals surface area contributed by atoms with Gasteiger partial charge in [-0.05, 0) is 56.9 Å². The summed E-state index contributed by atoms with van der Waals surface area (Å²) in [7, 11) is 0. The highest BCUT2D eigenvalue weighted by atomic mass is 16.6. The zero-order valence-corrected chi connectivity index (χ0v) is 20.8. The molecular formula is C27H34N2O6. The number of fused-ring (bicyclic) bond motifs is 1. The van der Waals surface area contributed by atoms with Gasteiger partial charge in [-0.25, -0.2) is 4.79 Å². The predicted molar refractivity (Wildman–Crippen MR) is 132 cm³/mol. The topological polar surface area (TPSA) is 110 Å². The summed E-state index contributed by atoms with van der Waals surface area (Å²) < 4.78 is 5.46. The average molecular weight is 483 g/mol. The number of aliphatic hydroxyl groups excluding tert-OH is 1. The van der Waals surface area contributed by atoms with Crippen molar-refractivity contribution in [1.82, 2.24) is 4.90 Å². The van der Waals surface area contributed by atoms with Crippen LogP contribution < -0.4 is 0 Å². The van der Waals surface area contributed by atoms with Crippen molar-refractivity contribution in [3.63, 3.8) is 0 Å². The van der Waals surface area contributed by atoms with Gasteiger partial charge in [0, 0.05) is 35.6 Å². The van der Waals surface area contributed by atoms with Crippen molar-refractivity contribution in [2.75, 3.05) is 6.54 Å². The summed E-state index contributed by atoms with van der Waals surface area (Å²) in [4.78, 5) is 39.3. The summed E-state index contributed by atoms with van der Waals surface area (Å²) in [5.74, 6) is -0.982. The van der Waals surface area contributed by atoms with Gasteiger partial charge in [-0.2, -0.15) is 0 Å². The Balaban J connectivity index is 2.01. The number of hydrogen-bond donors (Lipinski definition) is 1. The van der Waals surface area contributed by atoms with Crippen molar-refractivity contribution >= 4 is 11.9 Å². The normalized spacial score (nSPS) is 15.2. The Morgan fingerprint density at radius 1 is 1.17 bits per heavy atom. The molecule has 0 spiro atoms. The lowest BCUT2D eigenvalue weighted by Gasteiger charge is -2.30. The van der Waals surface area contributed by atoms with E-state index >= 15 is 0 Å². The van der Waals surface area contributed by atoms with E-state index in [4.69, 9.17) is 4.74 Å². The quantitative estimate of drug-likeness (QED) is 0.331. The van der Waals surface area contributed by atoms with Gasteiger partial charge in [0.1, 0.15) is 11.7 Å². The summed E-state index contributed by atoms with van der Waals surface area (Å²) in [6, 6.07) is 10.9. The predicted octanol–water partition coefficient (Wildman–Crippen LogP) is 4.71. The molecule has 0 saturated carbocycles. The Morgan fingerprint density at radius 3 is 2.49 bits per heavy atom. The Morgan fingerprint density at radius 2 is 1.86 bits per heavy atom. The van der Waals surface area contributed by atoms with Crippen LogP contribution in [0.1, 0.15) is 90.5 Å². The van der Waals surface area contributed by atoms with Gasteiger partial charge in [0.2, 0.25) is 6.04 Å². The summed E-state index contributed by atoms with van der Waals surface area (Å²) in [5, 5.41) is 22.8. The molecule has 3 rings (SSSR count). The smallest absolute Gasteiger partial charge is 0.338 e. The number of rotatable bonds is 8. The molecule has 1 amide bonds. The maximum absolute atomic E-state index is 13.7. The van der Waals surface area contributed by atoms with Crippen molar-refractivity contribution in [2.45, 2.75) is 77.7 Å². The number of aliphatic hydroxyl groups is 1. The number of hydrogen-bond acceptors (Lipinski definition) is 6. The van der Waals surface area contributed by atoms with E-state index in [9.17, 15) is 24.8 Å². The lowest BCUT2D eigenvalue weighted by atomic mass is 9.91. The fourth-order valence-electron chi connectivity index (χ4n) is 4.30. The van der Waals surface area contributed by atoms with Crippen LogP contribution in [-0.2, 0) is 17.7 Å². The van der Waals surface area contributed by atoms with Gasteiger partial charge in [-0.15, -0.1) is 0 Å². The van der Waals surface area contributed by atoms with E-state index in [0.717, 1.165) is 12.0 Å². The monoisotopic (exact) mass is 482 g/mol. The molecule has 35 heavy (non-hydrogen) atoms. The number of nitrogens with zero attached hydrogens (tertiary/aromatic N) is 2. The molecule has 2 aromatic rings. The lowest BCUT2D eigenvalue weighted by Crippen LogP contribution is -2.37. The van der Waals surface area contributed by atoms with Crippen molar-refractivity contribution < 1.29 is 24.4 Å². The zero-order chi connectivity index (χ0) is 25.8. The molecule has 0 fully saturated rings. The summed E-state index contributed by atoms with van der Waals surface area (Å²) >= 11 is 0. The van der Waals surface area contributed by atoms with Gasteiger partial charge in [0.15, 0.2) is 0 Å². The standard InChI is InChI=1S/C27H34N2O6/c1-5-6-11-23(29(33)34)24(30)21-13-12-19(26(32)35-27(2,3)4)16-22(21)25(31)28-15-14-18-9-7-8-10-20(18)17-28/h7-10,12-13,16,23-24,30H,5-6,11,14-15,17H2,1-4H3. The summed E-state index contributed by atoms with van der Waals surface area (Å²) in [6.45, 7) is 8.01. The van der Waals surface area contributed by atoms with E-state index in [-0.39, 0.29) is 29.0 Å². The number of carbonyl (C=O) groups excluding carboxylic acids is 2. The van der Waals surface area contributed by atoms with Crippen molar-refractivity contribution in [3.8, 4) is 0 Å². The van der Waals surface area contributed by atoms with Gasteiger partial charge in [0.05, 0.1) is 5.56 Å². The fourth-order valence-corrected chi connectivity index (χ4v) is 4.30. The molecule has 0 aromatic heterocycles. The fraction of sp³-hybridized carbons (Fsp3) is 0.481. The third-order valence-electron chi connectivity index (χ3n) is 6.14. The molecule has 1 aliphatic rings. The highest BCUT2D eigenvalue weighted by Crippen LogP contribution is 2.30. The van der Waals surface area contributed by atoms with Crippen LogP contribution in [0.2, 0.25) is 0 Å². The first-order chi connectivity index (χ1) is 16.5. The van der Waals surface area contributed by atoms with E-state index in [2.05, 4.69) is 0 Å². The van der Waals surface area contributed by atoms with Crippen LogP contribution in [0.5, 0.6) is 0 Å². The molecule has 8 heteroatoms. The van der Waals surface area contributed by atoms with Crippen LogP contribution >= 0.6 is 0 Å². The molecule has 0 bridgehead atoms. The van der Waals surface area contributed by atoms with Crippen LogP contribution in [-0.4, -0.2) is 45.0 Å². The average Bonchev–Trinajstić information content (AvgIpc) is 2.81. The molecule has 2 aromatic carbocycles. The molecule has 1 heterocycles. The highest BCUT2D eigenvalue weighted by molar-refractivity contribution is 5.99. The van der Waals surface area contributed by atoms with Crippen molar-refractivity contribution in [3.05, 3.63) is 80.4 Å². The Labute approximate surface area is 206 Å². The third kappa shape index (κ3) is 6.45. The van der Waals surface area contributed by atoms with Gasteiger partial charge >= 0.3 is 5.97 Å². The molecule has 0 saturated heterocycles. The molecule has 8 nitrogen and oxygen atoms in total. The molecule has 2 atom stereocenters. The zero-order valence-electron chi connectivity index (χ0n) is 20.8. The van der Waals surface area contributed by atoms with Gasteiger partial charge in [-0.3, -0.25) is 14.9 Å². The van der Waals surface area contributed by atoms with Crippen LogP contribution in [0.3, 0.4) is 0 Å². The van der Waals surface area contributed by atoms with E-state index in [1.165, 1.54) is 23.8 Å². The van der Waals surface area contributed by atoms with Gasteiger partial charge < -0.3 is 14.7 Å². The SMILES string of the molecule is CCCCC(C(O)c1ccc(C(=O)OC(C)(C)C)cc1C(=O)N1CCc2ccccc2C1)[N+](=O)[O-]. The van der Waals surface area contributed by atoms with Crippen LogP contribution in [0.15, 0.2) is 42.5 Å². The number of carbonyl (C=O) groups is 2. The largest absolute Gasteiger partial charge is 0.456 e. The van der Waals surface area contributed by atoms with Crippen LogP contribution in [0.25, 0.3) is 0 Å². The number of amides is 1. The second-order valence-electron chi connectivity index (χ2n) is 9.99. The maximum Gasteiger partial charge on any atom is 0.338 e. The first kappa shape index (κ1) is 26.3. The van der Waals surface area contributed by atoms with E-state index < -0.39 is 28.6 Å². The maximum atomic E-state index is 13.7. The number of benzene rings is 2. The number of nitro groups is 1. The molecule has 2 unspecified atom stereocenters. The molecule has 1 N–H and O–H groups in total. The molecule has 1 aliphatic heterocycles. The minimum absolute atomic E-state index is 0.0867. The Kier molecular flexibility index (Phi) is 8.27. The summed E-state index contributed by atoms with van der Waals surface area (Å²) in [6.07, 6.45) is 0.696. The summed E-state index contributed by atoms with van der Waals surface area (Å²) in [5.41, 5.74) is 1.87. The minimum Gasteiger partial charge on any atom is -0.456 e. The van der Waals surface area contributed by atoms with Crippen LogP contribution in [0.4, 0.5) is 0 Å². The van der Waals surface area contributed by atoms with Gasteiger partial charge in [-0.1, -0.05) is 43.7 Å². The minimum atomic E-state index is -1.49. The van der Waals surface area contributed by atoms with Crippen LogP contribution in [0, 0.1) is 10.1 Å². The number of unbranched alkanes of at least 4 members (excludes halogenated alkanes) is 1. The first-order valence-electron chi connectivity index (χ1n) is 12.1. The van der Waals surface area contributed by atoms with Crippen molar-refractivity contribution in [2.24, 2.45) is 0 Å². The number of esters is 1. The third-order valence-corrected chi connectivity index (χ3v) is 6.14. The van der Waals surface area contributed by atoms with E-state index in [1.807, 2.05) is 31.2 Å². The molecule has 0 aliphatic carbocycles. The second kappa shape index (κ2) is 11.0. The molecular weight excluding hydrogens is 448 g/mol. The van der Waals surface area contributed by atoms with Crippen molar-refractivity contribution in [1.29, 1.82) is 0 Å². The number of ether oxygens (including phenoxy) is 1.